The zero-order chi connectivity index (χ0) is 12.3. The first-order valence-corrected chi connectivity index (χ1v) is 5.51. The van der Waals surface area contributed by atoms with E-state index in [-0.39, 0.29) is 17.9 Å². The van der Waals surface area contributed by atoms with Crippen LogP contribution in [-0.2, 0) is 0 Å². The molecule has 0 saturated carbocycles. The summed E-state index contributed by atoms with van der Waals surface area (Å²) in [6.45, 7) is 0. The molecule has 1 aromatic carbocycles. The van der Waals surface area contributed by atoms with Crippen LogP contribution in [0.2, 0.25) is 0 Å². The Balaban J connectivity index is 2.11. The summed E-state index contributed by atoms with van der Waals surface area (Å²) in [7, 11) is 1.45. The summed E-state index contributed by atoms with van der Waals surface area (Å²) in [5.41, 5.74) is 0.523. The Labute approximate surface area is 106 Å². The number of aromatic amines is 1. The molecule has 0 saturated heterocycles. The van der Waals surface area contributed by atoms with Gasteiger partial charge in [0.25, 0.3) is 5.91 Å². The lowest BCUT2D eigenvalue weighted by Crippen LogP contribution is -2.12. The zero-order valence-electron chi connectivity index (χ0n) is 8.90. The van der Waals surface area contributed by atoms with Gasteiger partial charge in [-0.05, 0) is 18.2 Å². The minimum Gasteiger partial charge on any atom is -0.466 e. The zero-order valence-corrected chi connectivity index (χ0v) is 10.5. The topological polar surface area (TPSA) is 79.9 Å². The Morgan fingerprint density at radius 2 is 2.35 bits per heavy atom. The van der Waals surface area contributed by atoms with Crippen molar-refractivity contribution in [3.05, 3.63) is 34.3 Å². The van der Waals surface area contributed by atoms with Crippen molar-refractivity contribution in [2.24, 2.45) is 0 Å². The van der Waals surface area contributed by atoms with Crippen molar-refractivity contribution >= 4 is 27.8 Å². The van der Waals surface area contributed by atoms with E-state index in [0.29, 0.717) is 5.56 Å². The van der Waals surface area contributed by atoms with Gasteiger partial charge in [-0.25, -0.2) is 5.10 Å². The van der Waals surface area contributed by atoms with Gasteiger partial charge in [-0.2, -0.15) is 4.98 Å². The number of carbonyl (C=O) groups excluding carboxylic acids is 1. The lowest BCUT2D eigenvalue weighted by Gasteiger charge is -2.01. The molecule has 0 fully saturated rings. The van der Waals surface area contributed by atoms with Gasteiger partial charge in [0.05, 0.1) is 7.11 Å². The predicted molar refractivity (Wildman–Crippen MR) is 65.0 cm³/mol. The van der Waals surface area contributed by atoms with E-state index < -0.39 is 0 Å². The number of carbonyl (C=O) groups is 1. The van der Waals surface area contributed by atoms with Crippen LogP contribution < -0.4 is 10.1 Å². The molecule has 1 heterocycles. The normalized spacial score (nSPS) is 10.0. The average Bonchev–Trinajstić information content (AvgIpc) is 2.77. The summed E-state index contributed by atoms with van der Waals surface area (Å²) in [6, 6.07) is 7.21. The lowest BCUT2D eigenvalue weighted by molar-refractivity contribution is 0.102. The van der Waals surface area contributed by atoms with E-state index in [0.717, 1.165) is 4.47 Å². The highest BCUT2D eigenvalue weighted by Crippen LogP contribution is 2.13. The van der Waals surface area contributed by atoms with Crippen LogP contribution in [0.4, 0.5) is 5.95 Å². The first kappa shape index (κ1) is 11.6. The van der Waals surface area contributed by atoms with Crippen molar-refractivity contribution in [1.29, 1.82) is 0 Å². The first-order valence-electron chi connectivity index (χ1n) is 4.72. The molecule has 0 unspecified atom stereocenters. The summed E-state index contributed by atoms with van der Waals surface area (Å²) in [4.78, 5) is 15.7. The van der Waals surface area contributed by atoms with E-state index in [4.69, 9.17) is 4.74 Å². The van der Waals surface area contributed by atoms with Crippen LogP contribution in [-0.4, -0.2) is 28.2 Å². The fraction of sp³-hybridized carbons (Fsp3) is 0.100. The smallest absolute Gasteiger partial charge is 0.336 e. The first-order chi connectivity index (χ1) is 8.19. The molecule has 88 valence electrons. The van der Waals surface area contributed by atoms with Crippen LogP contribution in [0.15, 0.2) is 28.7 Å². The number of ether oxygens (including phenoxy) is 1. The highest BCUT2D eigenvalue weighted by Gasteiger charge is 2.09. The molecule has 0 aliphatic rings. The summed E-state index contributed by atoms with van der Waals surface area (Å²) in [6.07, 6.45) is 0. The number of methoxy groups -OCH3 is 1. The maximum atomic E-state index is 11.8. The molecule has 0 atom stereocenters. The third-order valence-electron chi connectivity index (χ3n) is 1.97. The Kier molecular flexibility index (Phi) is 3.38. The number of H-pyrrole nitrogens is 1. The molecule has 6 nitrogen and oxygen atoms in total. The number of hydrogen-bond acceptors (Lipinski definition) is 4. The van der Waals surface area contributed by atoms with Gasteiger partial charge >= 0.3 is 6.01 Å². The van der Waals surface area contributed by atoms with Crippen LogP contribution in [0.25, 0.3) is 0 Å². The summed E-state index contributed by atoms with van der Waals surface area (Å²) < 4.78 is 5.62. The SMILES string of the molecule is COc1n[nH]c(NC(=O)c2cccc(Br)c2)n1. The molecule has 2 rings (SSSR count). The Morgan fingerprint density at radius 1 is 1.53 bits per heavy atom. The van der Waals surface area contributed by atoms with Gasteiger partial charge in [0.15, 0.2) is 0 Å². The van der Waals surface area contributed by atoms with Gasteiger partial charge in [-0.3, -0.25) is 10.1 Å². The Morgan fingerprint density at radius 3 is 3.00 bits per heavy atom. The number of nitrogens with one attached hydrogen (secondary N) is 2. The number of benzene rings is 1. The molecule has 1 aromatic heterocycles. The molecule has 0 spiro atoms. The van der Waals surface area contributed by atoms with Gasteiger partial charge < -0.3 is 4.74 Å². The maximum Gasteiger partial charge on any atom is 0.336 e. The van der Waals surface area contributed by atoms with E-state index in [9.17, 15) is 4.79 Å². The van der Waals surface area contributed by atoms with Gasteiger partial charge in [-0.1, -0.05) is 22.0 Å². The lowest BCUT2D eigenvalue weighted by atomic mass is 10.2. The predicted octanol–water partition coefficient (Wildman–Crippen LogP) is 1.83. The molecule has 17 heavy (non-hydrogen) atoms. The van der Waals surface area contributed by atoms with Crippen LogP contribution in [0, 0.1) is 0 Å². The largest absolute Gasteiger partial charge is 0.466 e. The highest BCUT2D eigenvalue weighted by atomic mass is 79.9. The van der Waals surface area contributed by atoms with Crippen molar-refractivity contribution in [3.63, 3.8) is 0 Å². The Hall–Kier alpha value is -1.89. The summed E-state index contributed by atoms with van der Waals surface area (Å²) >= 11 is 3.30. The van der Waals surface area contributed by atoms with Crippen LogP contribution in [0.5, 0.6) is 6.01 Å². The minimum absolute atomic E-state index is 0.176. The fourth-order valence-corrected chi connectivity index (χ4v) is 1.60. The molecule has 2 aromatic rings. The molecule has 0 aliphatic carbocycles. The van der Waals surface area contributed by atoms with Crippen molar-refractivity contribution in [2.45, 2.75) is 0 Å². The van der Waals surface area contributed by atoms with E-state index in [1.807, 2.05) is 6.07 Å². The number of nitrogens with zero attached hydrogens (tertiary/aromatic N) is 2. The van der Waals surface area contributed by atoms with Crippen molar-refractivity contribution < 1.29 is 9.53 Å². The number of aromatic nitrogens is 3. The summed E-state index contributed by atoms with van der Waals surface area (Å²) in [5, 5.41) is 8.83. The molecule has 0 radical (unpaired) electrons. The van der Waals surface area contributed by atoms with Crippen LogP contribution in [0.1, 0.15) is 10.4 Å². The monoisotopic (exact) mass is 296 g/mol. The van der Waals surface area contributed by atoms with Crippen molar-refractivity contribution in [2.75, 3.05) is 12.4 Å². The second-order valence-corrected chi connectivity index (χ2v) is 4.05. The van der Waals surface area contributed by atoms with E-state index in [2.05, 4.69) is 36.4 Å². The average molecular weight is 297 g/mol. The molecular formula is C10H9BrN4O2. The Bertz CT molecular complexity index is 541. The summed E-state index contributed by atoms with van der Waals surface area (Å²) in [5.74, 6) is -0.0306. The standard InChI is InChI=1S/C10H9BrN4O2/c1-17-10-13-9(14-15-10)12-8(16)6-3-2-4-7(11)5-6/h2-5H,1H3,(H2,12,13,14,15,16). The molecule has 0 bridgehead atoms. The van der Waals surface area contributed by atoms with Crippen LogP contribution >= 0.6 is 15.9 Å². The van der Waals surface area contributed by atoms with Gasteiger partial charge in [0.2, 0.25) is 5.95 Å². The highest BCUT2D eigenvalue weighted by molar-refractivity contribution is 9.10. The van der Waals surface area contributed by atoms with Crippen molar-refractivity contribution in [1.82, 2.24) is 15.2 Å². The molecule has 1 amide bonds. The van der Waals surface area contributed by atoms with E-state index in [1.54, 1.807) is 18.2 Å². The van der Waals surface area contributed by atoms with Gasteiger partial charge in [0.1, 0.15) is 0 Å². The number of hydrogen-bond donors (Lipinski definition) is 2. The number of amides is 1. The second-order valence-electron chi connectivity index (χ2n) is 3.14. The number of anilines is 1. The van der Waals surface area contributed by atoms with Gasteiger partial charge in [0, 0.05) is 10.0 Å². The van der Waals surface area contributed by atoms with Crippen LogP contribution in [0.3, 0.4) is 0 Å². The van der Waals surface area contributed by atoms with E-state index in [1.165, 1.54) is 7.11 Å². The van der Waals surface area contributed by atoms with E-state index >= 15 is 0 Å². The minimum atomic E-state index is -0.273. The number of halogens is 1. The molecule has 2 N–H and O–H groups in total. The van der Waals surface area contributed by atoms with Gasteiger partial charge in [-0.15, -0.1) is 5.10 Å². The van der Waals surface area contributed by atoms with Crippen molar-refractivity contribution in [3.8, 4) is 6.01 Å². The quantitative estimate of drug-likeness (QED) is 0.905. The fourth-order valence-electron chi connectivity index (χ4n) is 1.20. The molecule has 0 aliphatic heterocycles. The second kappa shape index (κ2) is 4.96. The molecular weight excluding hydrogens is 288 g/mol. The maximum absolute atomic E-state index is 11.8. The number of rotatable bonds is 3. The third kappa shape index (κ3) is 2.82. The third-order valence-corrected chi connectivity index (χ3v) is 2.46. The molecule has 7 heteroatoms.